The van der Waals surface area contributed by atoms with E-state index in [0.29, 0.717) is 0 Å². The lowest BCUT2D eigenvalue weighted by Gasteiger charge is -2.17. The van der Waals surface area contributed by atoms with Gasteiger partial charge >= 0.3 is 0 Å². The molecule has 4 rings (SSSR count). The minimum Gasteiger partial charge on any atom is -0.117 e. The molecule has 130 valence electrons. The van der Waals surface area contributed by atoms with Crippen LogP contribution in [0.15, 0.2) is 76.1 Å². The van der Waals surface area contributed by atoms with Crippen molar-refractivity contribution in [1.82, 2.24) is 0 Å². The largest absolute Gasteiger partial charge is 0.196 e. The molecule has 0 saturated heterocycles. The van der Waals surface area contributed by atoms with Crippen molar-refractivity contribution in [2.45, 2.75) is 46.5 Å². The second-order valence-corrected chi connectivity index (χ2v) is 8.75. The summed E-state index contributed by atoms with van der Waals surface area (Å²) in [6.45, 7) is 8.63. The van der Waals surface area contributed by atoms with Gasteiger partial charge in [0.2, 0.25) is 0 Å². The molecule has 0 unspecified atom stereocenters. The van der Waals surface area contributed by atoms with Gasteiger partial charge in [0.25, 0.3) is 0 Å². The van der Waals surface area contributed by atoms with E-state index in [9.17, 15) is 0 Å². The minimum atomic E-state index is 0.0399. The first-order valence-corrected chi connectivity index (χ1v) is 9.61. The number of azo groups is 2. The predicted octanol–water partition coefficient (Wildman–Crippen LogP) is 5.87. The van der Waals surface area contributed by atoms with E-state index in [1.165, 1.54) is 31.3 Å². The SMILES string of the molecule is CC1(C)C=CC2=C(C=C1)N=[N+](CC1(C)C=CC3=C(C=C1)CCCC3)C2. The fourth-order valence-electron chi connectivity index (χ4n) is 4.03. The summed E-state index contributed by atoms with van der Waals surface area (Å²) < 4.78 is 2.23. The summed E-state index contributed by atoms with van der Waals surface area (Å²) in [6.07, 6.45) is 23.7. The number of hydrogen-bond donors (Lipinski definition) is 0. The Balaban J connectivity index is 1.51. The Morgan fingerprint density at radius 1 is 0.840 bits per heavy atom. The molecule has 25 heavy (non-hydrogen) atoms. The van der Waals surface area contributed by atoms with Crippen LogP contribution >= 0.6 is 0 Å². The van der Waals surface area contributed by atoms with Crippen LogP contribution in [0.1, 0.15) is 46.5 Å². The zero-order chi connectivity index (χ0) is 17.5. The molecule has 2 heteroatoms. The Bertz CT molecular complexity index is 768. The maximum atomic E-state index is 4.89. The third-order valence-electron chi connectivity index (χ3n) is 5.72. The number of hydrogen-bond acceptors (Lipinski definition) is 1. The van der Waals surface area contributed by atoms with Gasteiger partial charge in [-0.2, -0.15) is 0 Å². The highest BCUT2D eigenvalue weighted by Gasteiger charge is 2.32. The smallest absolute Gasteiger partial charge is 0.117 e. The van der Waals surface area contributed by atoms with Crippen molar-refractivity contribution in [3.63, 3.8) is 0 Å². The van der Waals surface area contributed by atoms with E-state index >= 15 is 0 Å². The Morgan fingerprint density at radius 2 is 1.44 bits per heavy atom. The van der Waals surface area contributed by atoms with Gasteiger partial charge in [0.15, 0.2) is 13.1 Å². The summed E-state index contributed by atoms with van der Waals surface area (Å²) in [5.41, 5.74) is 5.72. The summed E-state index contributed by atoms with van der Waals surface area (Å²) in [4.78, 5) is 0. The van der Waals surface area contributed by atoms with Crippen molar-refractivity contribution >= 4 is 0 Å². The Morgan fingerprint density at radius 3 is 2.12 bits per heavy atom. The average Bonchev–Trinajstić information content (AvgIpc) is 2.80. The summed E-state index contributed by atoms with van der Waals surface area (Å²) in [6, 6.07) is 0. The van der Waals surface area contributed by atoms with E-state index in [1.54, 1.807) is 11.1 Å². The van der Waals surface area contributed by atoms with Crippen LogP contribution in [-0.4, -0.2) is 17.8 Å². The van der Waals surface area contributed by atoms with Crippen LogP contribution in [0, 0.1) is 10.8 Å². The lowest BCUT2D eigenvalue weighted by molar-refractivity contribution is -0.586. The molecule has 0 saturated carbocycles. The van der Waals surface area contributed by atoms with Crippen LogP contribution in [0.25, 0.3) is 0 Å². The lowest BCUT2D eigenvalue weighted by atomic mass is 9.89. The van der Waals surface area contributed by atoms with Crippen molar-refractivity contribution in [3.8, 4) is 0 Å². The monoisotopic (exact) mass is 333 g/mol. The Labute approximate surface area is 151 Å². The second-order valence-electron chi connectivity index (χ2n) is 8.75. The van der Waals surface area contributed by atoms with Crippen LogP contribution in [0.5, 0.6) is 0 Å². The van der Waals surface area contributed by atoms with Crippen LogP contribution < -0.4 is 0 Å². The molecule has 0 aromatic heterocycles. The van der Waals surface area contributed by atoms with Gasteiger partial charge in [-0.05, 0) is 54.9 Å². The molecular weight excluding hydrogens is 304 g/mol. The lowest BCUT2D eigenvalue weighted by Crippen LogP contribution is -2.25. The highest BCUT2D eigenvalue weighted by Crippen LogP contribution is 2.35. The quantitative estimate of drug-likeness (QED) is 0.561. The van der Waals surface area contributed by atoms with Gasteiger partial charge in [-0.3, -0.25) is 0 Å². The molecule has 0 bridgehead atoms. The van der Waals surface area contributed by atoms with E-state index in [4.69, 9.17) is 5.11 Å². The maximum absolute atomic E-state index is 4.89. The number of nitrogens with zero attached hydrogens (tertiary/aromatic N) is 2. The van der Waals surface area contributed by atoms with E-state index in [0.717, 1.165) is 18.8 Å². The van der Waals surface area contributed by atoms with Gasteiger partial charge < -0.3 is 0 Å². The molecule has 1 aliphatic heterocycles. The zero-order valence-electron chi connectivity index (χ0n) is 15.8. The molecule has 0 fully saturated rings. The fourth-order valence-corrected chi connectivity index (χ4v) is 4.03. The van der Waals surface area contributed by atoms with Gasteiger partial charge in [-0.1, -0.05) is 56.4 Å². The highest BCUT2D eigenvalue weighted by atomic mass is 15.3. The standard InChI is InChI=1S/C23H29N2/c1-22(2)12-8-20-16-25(24-21(20)11-13-22)17-23(3)14-9-18-6-4-5-7-19(18)10-15-23/h8-15H,4-7,16-17H2,1-3H3/q+1. The van der Waals surface area contributed by atoms with E-state index in [-0.39, 0.29) is 10.8 Å². The van der Waals surface area contributed by atoms with Crippen molar-refractivity contribution in [3.05, 3.63) is 71.0 Å². The molecule has 0 N–H and O–H groups in total. The third-order valence-corrected chi connectivity index (χ3v) is 5.72. The van der Waals surface area contributed by atoms with Crippen LogP contribution in [0.4, 0.5) is 0 Å². The van der Waals surface area contributed by atoms with E-state index < -0.39 is 0 Å². The van der Waals surface area contributed by atoms with Crippen LogP contribution in [-0.2, 0) is 0 Å². The average molecular weight is 333 g/mol. The normalized spacial score (nSPS) is 26.3. The molecular formula is C23H29N2+. The van der Waals surface area contributed by atoms with E-state index in [1.807, 2.05) is 0 Å². The molecule has 0 spiro atoms. The molecule has 0 aromatic carbocycles. The molecule has 3 aliphatic carbocycles. The first kappa shape index (κ1) is 16.5. The molecule has 0 amide bonds. The minimum absolute atomic E-state index is 0.0399. The van der Waals surface area contributed by atoms with Crippen molar-refractivity contribution < 1.29 is 4.70 Å². The molecule has 1 heterocycles. The van der Waals surface area contributed by atoms with Gasteiger partial charge in [0.05, 0.1) is 11.0 Å². The van der Waals surface area contributed by atoms with Crippen molar-refractivity contribution in [1.29, 1.82) is 0 Å². The summed E-state index contributed by atoms with van der Waals surface area (Å²) in [5, 5.41) is 4.89. The molecule has 4 aliphatic rings. The Hall–Kier alpha value is -1.96. The first-order chi connectivity index (χ1) is 11.9. The van der Waals surface area contributed by atoms with Crippen molar-refractivity contribution in [2.75, 3.05) is 13.1 Å². The maximum Gasteiger partial charge on any atom is 0.196 e. The zero-order valence-corrected chi connectivity index (χ0v) is 15.8. The van der Waals surface area contributed by atoms with Gasteiger partial charge in [-0.25, -0.2) is 0 Å². The van der Waals surface area contributed by atoms with Crippen LogP contribution in [0.3, 0.4) is 0 Å². The second kappa shape index (κ2) is 6.09. The first-order valence-electron chi connectivity index (χ1n) is 9.61. The van der Waals surface area contributed by atoms with Gasteiger partial charge in [-0.15, -0.1) is 4.70 Å². The fraction of sp³-hybridized carbons (Fsp3) is 0.478. The molecule has 0 atom stereocenters. The molecule has 0 radical (unpaired) electrons. The third kappa shape index (κ3) is 3.53. The summed E-state index contributed by atoms with van der Waals surface area (Å²) in [7, 11) is 0. The summed E-state index contributed by atoms with van der Waals surface area (Å²) in [5.74, 6) is 0. The topological polar surface area (TPSA) is 15.4 Å². The van der Waals surface area contributed by atoms with Gasteiger partial charge in [0, 0.05) is 5.41 Å². The van der Waals surface area contributed by atoms with Crippen LogP contribution in [0.2, 0.25) is 0 Å². The number of rotatable bonds is 2. The van der Waals surface area contributed by atoms with Gasteiger partial charge in [0.1, 0.15) is 5.70 Å². The summed E-state index contributed by atoms with van der Waals surface area (Å²) >= 11 is 0. The predicted molar refractivity (Wildman–Crippen MR) is 103 cm³/mol. The highest BCUT2D eigenvalue weighted by molar-refractivity contribution is 5.40. The van der Waals surface area contributed by atoms with Crippen molar-refractivity contribution in [2.24, 2.45) is 15.9 Å². The van der Waals surface area contributed by atoms with E-state index in [2.05, 4.69) is 74.1 Å². The molecule has 0 aromatic rings. The number of allylic oxidation sites excluding steroid dienone is 7. The molecule has 2 nitrogen and oxygen atoms in total. The Kier molecular flexibility index (Phi) is 4.02.